The second-order valence-corrected chi connectivity index (χ2v) is 10.3. The van der Waals surface area contributed by atoms with Gasteiger partial charge in [0.25, 0.3) is 10.0 Å². The Bertz CT molecular complexity index is 1170. The summed E-state index contributed by atoms with van der Waals surface area (Å²) >= 11 is 1.71. The summed E-state index contributed by atoms with van der Waals surface area (Å²) in [7, 11) is -1.13. The molecule has 1 amide bonds. The maximum Gasteiger partial charge on any atom is 0.264 e. The fraction of sp³-hybridized carbons (Fsp3) is 0.240. The van der Waals surface area contributed by atoms with Gasteiger partial charge in [0.05, 0.1) is 24.8 Å². The SMILES string of the molecule is COc1ccc(S(=O)(=O)N(CC(=O)NCCCSc2ccccc2)c2ccccc2)cc1OC. The van der Waals surface area contributed by atoms with Crippen LogP contribution in [0.15, 0.2) is 88.7 Å². The number of nitrogens with one attached hydrogen (secondary N) is 1. The normalized spacial score (nSPS) is 11.0. The van der Waals surface area contributed by atoms with Crippen LogP contribution in [-0.2, 0) is 14.8 Å². The topological polar surface area (TPSA) is 84.9 Å². The molecule has 0 aromatic heterocycles. The number of amides is 1. The van der Waals surface area contributed by atoms with Crippen LogP contribution in [0.4, 0.5) is 5.69 Å². The average Bonchev–Trinajstić information content (AvgIpc) is 2.87. The molecule has 0 aliphatic rings. The Morgan fingerprint density at radius 1 is 0.912 bits per heavy atom. The van der Waals surface area contributed by atoms with E-state index in [-0.39, 0.29) is 23.1 Å². The second-order valence-electron chi connectivity index (χ2n) is 7.23. The third kappa shape index (κ3) is 6.68. The van der Waals surface area contributed by atoms with Crippen LogP contribution in [0.3, 0.4) is 0 Å². The molecule has 0 aliphatic carbocycles. The lowest BCUT2D eigenvalue weighted by Crippen LogP contribution is -2.41. The summed E-state index contributed by atoms with van der Waals surface area (Å²) in [4.78, 5) is 13.9. The zero-order valence-electron chi connectivity index (χ0n) is 19.1. The van der Waals surface area contributed by atoms with Crippen molar-refractivity contribution in [1.82, 2.24) is 5.32 Å². The van der Waals surface area contributed by atoms with E-state index in [1.165, 1.54) is 37.3 Å². The Hall–Kier alpha value is -3.17. The number of methoxy groups -OCH3 is 2. The van der Waals surface area contributed by atoms with Gasteiger partial charge in [0, 0.05) is 17.5 Å². The number of para-hydroxylation sites is 1. The van der Waals surface area contributed by atoms with Gasteiger partial charge >= 0.3 is 0 Å². The summed E-state index contributed by atoms with van der Waals surface area (Å²) in [6.45, 7) is 0.115. The van der Waals surface area contributed by atoms with E-state index in [1.807, 2.05) is 30.3 Å². The number of nitrogens with zero attached hydrogens (tertiary/aromatic N) is 1. The quantitative estimate of drug-likeness (QED) is 0.296. The number of sulfonamides is 1. The average molecular weight is 501 g/mol. The Morgan fingerprint density at radius 3 is 2.21 bits per heavy atom. The highest BCUT2D eigenvalue weighted by atomic mass is 32.2. The molecular formula is C25H28N2O5S2. The molecule has 0 atom stereocenters. The highest BCUT2D eigenvalue weighted by Crippen LogP contribution is 2.32. The van der Waals surface area contributed by atoms with Crippen molar-refractivity contribution in [2.45, 2.75) is 16.2 Å². The Balaban J connectivity index is 1.69. The van der Waals surface area contributed by atoms with Gasteiger partial charge in [0.2, 0.25) is 5.91 Å². The minimum absolute atomic E-state index is 0.000985. The zero-order valence-corrected chi connectivity index (χ0v) is 20.8. The predicted molar refractivity (Wildman–Crippen MR) is 135 cm³/mol. The highest BCUT2D eigenvalue weighted by molar-refractivity contribution is 7.99. The third-order valence-electron chi connectivity index (χ3n) is 4.93. The number of hydrogen-bond acceptors (Lipinski definition) is 6. The number of rotatable bonds is 12. The van der Waals surface area contributed by atoms with Crippen LogP contribution in [0.1, 0.15) is 6.42 Å². The number of carbonyl (C=O) groups is 1. The minimum Gasteiger partial charge on any atom is -0.493 e. The van der Waals surface area contributed by atoms with Gasteiger partial charge in [0.15, 0.2) is 11.5 Å². The van der Waals surface area contributed by atoms with Crippen molar-refractivity contribution in [2.24, 2.45) is 0 Å². The van der Waals surface area contributed by atoms with Gasteiger partial charge in [-0.15, -0.1) is 11.8 Å². The smallest absolute Gasteiger partial charge is 0.264 e. The lowest BCUT2D eigenvalue weighted by atomic mass is 10.3. The predicted octanol–water partition coefficient (Wildman–Crippen LogP) is 4.20. The van der Waals surface area contributed by atoms with Gasteiger partial charge in [-0.05, 0) is 48.6 Å². The van der Waals surface area contributed by atoms with Gasteiger partial charge in [-0.1, -0.05) is 36.4 Å². The van der Waals surface area contributed by atoms with E-state index < -0.39 is 10.0 Å². The maximum absolute atomic E-state index is 13.5. The van der Waals surface area contributed by atoms with E-state index in [2.05, 4.69) is 5.32 Å². The molecule has 1 N–H and O–H groups in total. The van der Waals surface area contributed by atoms with Crippen LogP contribution in [0.5, 0.6) is 11.5 Å². The minimum atomic E-state index is -4.05. The standard InChI is InChI=1S/C25H28N2O5S2/c1-31-23-15-14-22(18-24(23)32-2)34(29,30)27(20-10-5-3-6-11-20)19-25(28)26-16-9-17-33-21-12-7-4-8-13-21/h3-8,10-15,18H,9,16-17,19H2,1-2H3,(H,26,28). The van der Waals surface area contributed by atoms with Gasteiger partial charge < -0.3 is 14.8 Å². The molecule has 3 aromatic carbocycles. The van der Waals surface area contributed by atoms with Crippen LogP contribution in [-0.4, -0.2) is 47.4 Å². The first kappa shape index (κ1) is 25.5. The Morgan fingerprint density at radius 2 is 1.56 bits per heavy atom. The van der Waals surface area contributed by atoms with E-state index in [4.69, 9.17) is 9.47 Å². The van der Waals surface area contributed by atoms with Crippen molar-refractivity contribution in [3.8, 4) is 11.5 Å². The van der Waals surface area contributed by atoms with Crippen LogP contribution >= 0.6 is 11.8 Å². The van der Waals surface area contributed by atoms with Crippen LogP contribution in [0, 0.1) is 0 Å². The van der Waals surface area contributed by atoms with Crippen molar-refractivity contribution >= 4 is 33.4 Å². The third-order valence-corrected chi connectivity index (χ3v) is 7.80. The van der Waals surface area contributed by atoms with Gasteiger partial charge in [0.1, 0.15) is 6.54 Å². The number of ether oxygens (including phenoxy) is 2. The summed E-state index contributed by atoms with van der Waals surface area (Å²) in [5.74, 6) is 1.17. The van der Waals surface area contributed by atoms with E-state index in [0.29, 0.717) is 18.0 Å². The molecule has 7 nitrogen and oxygen atoms in total. The van der Waals surface area contributed by atoms with Crippen molar-refractivity contribution in [2.75, 3.05) is 37.4 Å². The first-order valence-corrected chi connectivity index (χ1v) is 13.1. The summed E-state index contributed by atoms with van der Waals surface area (Å²) in [6, 6.07) is 22.9. The van der Waals surface area contributed by atoms with Crippen molar-refractivity contribution in [3.63, 3.8) is 0 Å². The van der Waals surface area contributed by atoms with E-state index in [1.54, 1.807) is 42.1 Å². The van der Waals surface area contributed by atoms with Crippen LogP contribution < -0.4 is 19.1 Å². The maximum atomic E-state index is 13.5. The highest BCUT2D eigenvalue weighted by Gasteiger charge is 2.28. The molecule has 0 heterocycles. The molecule has 0 spiro atoms. The molecule has 0 unspecified atom stereocenters. The van der Waals surface area contributed by atoms with E-state index >= 15 is 0 Å². The molecule has 0 fully saturated rings. The van der Waals surface area contributed by atoms with Gasteiger partial charge in [-0.3, -0.25) is 9.10 Å². The van der Waals surface area contributed by atoms with Crippen molar-refractivity contribution < 1.29 is 22.7 Å². The summed E-state index contributed by atoms with van der Waals surface area (Å²) in [5, 5.41) is 2.83. The van der Waals surface area contributed by atoms with E-state index in [9.17, 15) is 13.2 Å². The van der Waals surface area contributed by atoms with Crippen molar-refractivity contribution in [3.05, 3.63) is 78.9 Å². The largest absolute Gasteiger partial charge is 0.493 e. The summed E-state index contributed by atoms with van der Waals surface area (Å²) in [6.07, 6.45) is 0.763. The summed E-state index contributed by atoms with van der Waals surface area (Å²) < 4.78 is 38.6. The lowest BCUT2D eigenvalue weighted by Gasteiger charge is -2.24. The lowest BCUT2D eigenvalue weighted by molar-refractivity contribution is -0.119. The number of hydrogen-bond donors (Lipinski definition) is 1. The number of anilines is 1. The van der Waals surface area contributed by atoms with Gasteiger partial charge in [-0.2, -0.15) is 0 Å². The Labute approximate surface area is 205 Å². The molecule has 3 aromatic rings. The monoisotopic (exact) mass is 500 g/mol. The van der Waals surface area contributed by atoms with Crippen molar-refractivity contribution in [1.29, 1.82) is 0 Å². The summed E-state index contributed by atoms with van der Waals surface area (Å²) in [5.41, 5.74) is 0.395. The first-order chi connectivity index (χ1) is 16.5. The second kappa shape index (κ2) is 12.3. The molecular weight excluding hydrogens is 472 g/mol. The molecule has 34 heavy (non-hydrogen) atoms. The number of carbonyl (C=O) groups excluding carboxylic acids is 1. The zero-order chi connectivity index (χ0) is 24.4. The number of benzene rings is 3. The fourth-order valence-electron chi connectivity index (χ4n) is 3.21. The molecule has 0 bridgehead atoms. The van der Waals surface area contributed by atoms with Gasteiger partial charge in [-0.25, -0.2) is 8.42 Å². The van der Waals surface area contributed by atoms with Crippen LogP contribution in [0.25, 0.3) is 0 Å². The molecule has 9 heteroatoms. The molecule has 0 radical (unpaired) electrons. The van der Waals surface area contributed by atoms with Crippen LogP contribution in [0.2, 0.25) is 0 Å². The molecule has 0 aliphatic heterocycles. The first-order valence-electron chi connectivity index (χ1n) is 10.7. The fourth-order valence-corrected chi connectivity index (χ4v) is 5.52. The molecule has 0 saturated heterocycles. The molecule has 3 rings (SSSR count). The molecule has 180 valence electrons. The number of thioether (sulfide) groups is 1. The Kier molecular flexibility index (Phi) is 9.24. The van der Waals surface area contributed by atoms with E-state index in [0.717, 1.165) is 16.5 Å². The molecule has 0 saturated carbocycles.